The quantitative estimate of drug-likeness (QED) is 0.642. The predicted molar refractivity (Wildman–Crippen MR) is 107 cm³/mol. The van der Waals surface area contributed by atoms with E-state index in [9.17, 15) is 14.4 Å². The molecule has 0 aromatic heterocycles. The van der Waals surface area contributed by atoms with Crippen LogP contribution in [0.5, 0.6) is 0 Å². The number of carbonyl (C=O) groups is 3. The molecule has 2 aromatic carbocycles. The summed E-state index contributed by atoms with van der Waals surface area (Å²) in [6.07, 6.45) is -1.37. The number of aliphatic carboxylic acids is 1. The molecule has 1 fully saturated rings. The van der Waals surface area contributed by atoms with Gasteiger partial charge >= 0.3 is 12.1 Å². The van der Waals surface area contributed by atoms with Crippen LogP contribution in [0, 0.1) is 0 Å². The van der Waals surface area contributed by atoms with Crippen molar-refractivity contribution in [2.45, 2.75) is 24.4 Å². The summed E-state index contributed by atoms with van der Waals surface area (Å²) in [6, 6.07) is 14.5. The monoisotopic (exact) mass is 410 g/mol. The highest BCUT2D eigenvalue weighted by Crippen LogP contribution is 2.44. The van der Waals surface area contributed by atoms with Crippen LogP contribution < -0.4 is 10.6 Å². The number of hydrogen-bond acceptors (Lipinski definition) is 5. The summed E-state index contributed by atoms with van der Waals surface area (Å²) in [7, 11) is 0. The molecule has 1 unspecified atom stereocenters. The Labute approximate surface area is 173 Å². The number of nitrogens with one attached hydrogen (secondary N) is 2. The number of carbonyl (C=O) groups excluding carboxylic acids is 2. The second kappa shape index (κ2) is 8.54. The highest BCUT2D eigenvalue weighted by molar-refractivity contribution is 5.89. The first-order chi connectivity index (χ1) is 14.5. The number of carboxylic acids is 1. The number of ether oxygens (including phenoxy) is 2. The summed E-state index contributed by atoms with van der Waals surface area (Å²) in [5.41, 5.74) is 4.34. The first kappa shape index (κ1) is 19.9. The molecule has 1 heterocycles. The largest absolute Gasteiger partial charge is 0.481 e. The molecule has 0 radical (unpaired) electrons. The maximum Gasteiger partial charge on any atom is 0.407 e. The minimum Gasteiger partial charge on any atom is -0.481 e. The standard InChI is InChI=1S/C22H22N2O6/c25-20(26)9-19(21(27)23-13-10-29-11-13)24-22(28)30-12-18-16-7-3-1-5-14(16)15-6-2-4-8-17(15)18/h1-8,13,18-19H,9-12H2,(H,23,27)(H,24,28)(H,25,26). The number of alkyl carbamates (subject to hydrolysis) is 1. The Morgan fingerprint density at radius 1 is 1.03 bits per heavy atom. The van der Waals surface area contributed by atoms with E-state index in [2.05, 4.69) is 10.6 Å². The molecular formula is C22H22N2O6. The summed E-state index contributed by atoms with van der Waals surface area (Å²) >= 11 is 0. The summed E-state index contributed by atoms with van der Waals surface area (Å²) in [5.74, 6) is -1.89. The third-order valence-corrected chi connectivity index (χ3v) is 5.32. The van der Waals surface area contributed by atoms with Crippen molar-refractivity contribution in [3.05, 3.63) is 59.7 Å². The Bertz CT molecular complexity index is 926. The van der Waals surface area contributed by atoms with Crippen LogP contribution in [0.3, 0.4) is 0 Å². The van der Waals surface area contributed by atoms with Crippen LogP contribution in [0.2, 0.25) is 0 Å². The fourth-order valence-corrected chi connectivity index (χ4v) is 3.79. The average Bonchev–Trinajstić information content (AvgIpc) is 3.02. The molecule has 1 aliphatic heterocycles. The lowest BCUT2D eigenvalue weighted by atomic mass is 9.98. The highest BCUT2D eigenvalue weighted by Gasteiger charge is 2.31. The molecule has 0 spiro atoms. The van der Waals surface area contributed by atoms with Gasteiger partial charge in [-0.2, -0.15) is 0 Å². The van der Waals surface area contributed by atoms with E-state index in [-0.39, 0.29) is 18.6 Å². The molecule has 2 aromatic rings. The van der Waals surface area contributed by atoms with E-state index < -0.39 is 30.4 Å². The van der Waals surface area contributed by atoms with Gasteiger partial charge in [0.1, 0.15) is 12.6 Å². The van der Waals surface area contributed by atoms with Crippen molar-refractivity contribution in [3.63, 3.8) is 0 Å². The van der Waals surface area contributed by atoms with Gasteiger partial charge in [0.2, 0.25) is 5.91 Å². The Morgan fingerprint density at radius 2 is 1.63 bits per heavy atom. The van der Waals surface area contributed by atoms with Crippen LogP contribution in [0.15, 0.2) is 48.5 Å². The molecule has 1 saturated heterocycles. The number of hydrogen-bond donors (Lipinski definition) is 3. The van der Waals surface area contributed by atoms with Crippen molar-refractivity contribution in [2.24, 2.45) is 0 Å². The Hall–Kier alpha value is -3.39. The van der Waals surface area contributed by atoms with Gasteiger partial charge in [-0.05, 0) is 22.3 Å². The van der Waals surface area contributed by atoms with Crippen LogP contribution in [0.4, 0.5) is 4.79 Å². The van der Waals surface area contributed by atoms with Gasteiger partial charge in [0.15, 0.2) is 0 Å². The van der Waals surface area contributed by atoms with Crippen LogP contribution in [-0.2, 0) is 19.1 Å². The van der Waals surface area contributed by atoms with Gasteiger partial charge in [0.25, 0.3) is 0 Å². The third kappa shape index (κ3) is 4.13. The molecule has 3 N–H and O–H groups in total. The van der Waals surface area contributed by atoms with Gasteiger partial charge < -0.3 is 25.2 Å². The minimum atomic E-state index is -1.22. The maximum atomic E-state index is 12.4. The van der Waals surface area contributed by atoms with Crippen LogP contribution >= 0.6 is 0 Å². The lowest BCUT2D eigenvalue weighted by Crippen LogP contribution is -2.55. The molecule has 30 heavy (non-hydrogen) atoms. The van der Waals surface area contributed by atoms with Crippen molar-refractivity contribution in [1.82, 2.24) is 10.6 Å². The first-order valence-corrected chi connectivity index (χ1v) is 9.74. The first-order valence-electron chi connectivity index (χ1n) is 9.74. The van der Waals surface area contributed by atoms with Crippen LogP contribution in [-0.4, -0.2) is 55.0 Å². The Kier molecular flexibility index (Phi) is 5.67. The number of amides is 2. The van der Waals surface area contributed by atoms with Crippen molar-refractivity contribution in [2.75, 3.05) is 19.8 Å². The minimum absolute atomic E-state index is 0.0811. The number of benzene rings is 2. The van der Waals surface area contributed by atoms with E-state index in [1.165, 1.54) is 0 Å². The van der Waals surface area contributed by atoms with Gasteiger partial charge in [0.05, 0.1) is 25.7 Å². The van der Waals surface area contributed by atoms with Gasteiger partial charge in [-0.15, -0.1) is 0 Å². The second-order valence-electron chi connectivity index (χ2n) is 7.36. The second-order valence-corrected chi connectivity index (χ2v) is 7.36. The zero-order chi connectivity index (χ0) is 21.1. The number of carboxylic acid groups (broad SMARTS) is 1. The average molecular weight is 410 g/mol. The van der Waals surface area contributed by atoms with Gasteiger partial charge in [-0.25, -0.2) is 4.79 Å². The van der Waals surface area contributed by atoms with Crippen molar-refractivity contribution < 1.29 is 29.0 Å². The van der Waals surface area contributed by atoms with Gasteiger partial charge in [-0.1, -0.05) is 48.5 Å². The van der Waals surface area contributed by atoms with E-state index in [0.717, 1.165) is 22.3 Å². The maximum absolute atomic E-state index is 12.4. The summed E-state index contributed by atoms with van der Waals surface area (Å²) in [6.45, 7) is 0.824. The summed E-state index contributed by atoms with van der Waals surface area (Å²) in [4.78, 5) is 35.8. The fraction of sp³-hybridized carbons (Fsp3) is 0.318. The SMILES string of the molecule is O=C(O)CC(NC(=O)OCC1c2ccccc2-c2ccccc21)C(=O)NC1COC1. The van der Waals surface area contributed by atoms with Crippen molar-refractivity contribution in [1.29, 1.82) is 0 Å². The molecular weight excluding hydrogens is 388 g/mol. The van der Waals surface area contributed by atoms with E-state index >= 15 is 0 Å². The lowest BCUT2D eigenvalue weighted by molar-refractivity contribution is -0.140. The van der Waals surface area contributed by atoms with Gasteiger partial charge in [0, 0.05) is 5.92 Å². The summed E-state index contributed by atoms with van der Waals surface area (Å²) < 4.78 is 10.4. The Balaban J connectivity index is 1.41. The molecule has 2 aliphatic rings. The molecule has 4 rings (SSSR count). The molecule has 8 nitrogen and oxygen atoms in total. The molecule has 2 amide bonds. The topological polar surface area (TPSA) is 114 Å². The fourth-order valence-electron chi connectivity index (χ4n) is 3.79. The van der Waals surface area contributed by atoms with Gasteiger partial charge in [-0.3, -0.25) is 9.59 Å². The Morgan fingerprint density at radius 3 is 2.17 bits per heavy atom. The zero-order valence-corrected chi connectivity index (χ0v) is 16.2. The highest BCUT2D eigenvalue weighted by atomic mass is 16.5. The van der Waals surface area contributed by atoms with E-state index in [4.69, 9.17) is 14.6 Å². The predicted octanol–water partition coefficient (Wildman–Crippen LogP) is 1.88. The molecule has 156 valence electrons. The number of rotatable bonds is 7. The van der Waals surface area contributed by atoms with E-state index in [1.807, 2.05) is 48.5 Å². The molecule has 1 atom stereocenters. The normalized spacial score (nSPS) is 16.0. The van der Waals surface area contributed by atoms with Crippen molar-refractivity contribution in [3.8, 4) is 11.1 Å². The van der Waals surface area contributed by atoms with Crippen molar-refractivity contribution >= 4 is 18.0 Å². The van der Waals surface area contributed by atoms with Crippen LogP contribution in [0.1, 0.15) is 23.5 Å². The van der Waals surface area contributed by atoms with Crippen LogP contribution in [0.25, 0.3) is 11.1 Å². The molecule has 0 saturated carbocycles. The molecule has 1 aliphatic carbocycles. The van der Waals surface area contributed by atoms with E-state index in [1.54, 1.807) is 0 Å². The molecule has 0 bridgehead atoms. The van der Waals surface area contributed by atoms with E-state index in [0.29, 0.717) is 13.2 Å². The smallest absolute Gasteiger partial charge is 0.407 e. The molecule has 8 heteroatoms. The lowest BCUT2D eigenvalue weighted by Gasteiger charge is -2.28. The summed E-state index contributed by atoms with van der Waals surface area (Å²) in [5, 5.41) is 14.1. The third-order valence-electron chi connectivity index (χ3n) is 5.32. The number of fused-ring (bicyclic) bond motifs is 3. The zero-order valence-electron chi connectivity index (χ0n) is 16.2.